The molecule has 1 N–H and O–H groups in total. The van der Waals surface area contributed by atoms with Gasteiger partial charge in [0.15, 0.2) is 0 Å². The molecule has 1 aliphatic heterocycles. The first-order chi connectivity index (χ1) is 7.66. The summed E-state index contributed by atoms with van der Waals surface area (Å²) in [5.74, 6) is 0. The topological polar surface area (TPSA) is 43.8 Å². The van der Waals surface area contributed by atoms with Crippen molar-refractivity contribution in [1.82, 2.24) is 4.90 Å². The van der Waals surface area contributed by atoms with Gasteiger partial charge < -0.3 is 14.9 Å². The number of nitrogens with zero attached hydrogens (tertiary/aromatic N) is 2. The highest BCUT2D eigenvalue weighted by atomic mass is 16.4. The van der Waals surface area contributed by atoms with Gasteiger partial charge in [0.25, 0.3) is 0 Å². The molecule has 0 aliphatic carbocycles. The second-order valence-electron chi connectivity index (χ2n) is 4.10. The molecule has 1 heterocycles. The van der Waals surface area contributed by atoms with Crippen LogP contribution in [0, 0.1) is 6.92 Å². The molecular formula is C12H16N2O2. The first-order valence-corrected chi connectivity index (χ1v) is 5.46. The summed E-state index contributed by atoms with van der Waals surface area (Å²) in [5.41, 5.74) is 2.42. The second-order valence-corrected chi connectivity index (χ2v) is 4.10. The molecule has 0 radical (unpaired) electrons. The number of carbonyl (C=O) groups is 1. The van der Waals surface area contributed by atoms with E-state index >= 15 is 0 Å². The fourth-order valence-corrected chi connectivity index (χ4v) is 1.98. The van der Waals surface area contributed by atoms with Crippen molar-refractivity contribution in [3.8, 4) is 0 Å². The summed E-state index contributed by atoms with van der Waals surface area (Å²) in [4.78, 5) is 14.5. The predicted octanol–water partition coefficient (Wildman–Crippen LogP) is 1.80. The molecule has 16 heavy (non-hydrogen) atoms. The molecule has 0 spiro atoms. The van der Waals surface area contributed by atoms with Gasteiger partial charge >= 0.3 is 6.09 Å². The number of rotatable bonds is 1. The Morgan fingerprint density at radius 3 is 2.50 bits per heavy atom. The van der Waals surface area contributed by atoms with E-state index in [-0.39, 0.29) is 0 Å². The molecule has 1 fully saturated rings. The molecule has 0 saturated carbocycles. The predicted molar refractivity (Wildman–Crippen MR) is 63.0 cm³/mol. The molecule has 86 valence electrons. The number of carboxylic acid groups (broad SMARTS) is 1. The Balaban J connectivity index is 2.01. The molecule has 4 nitrogen and oxygen atoms in total. The smallest absolute Gasteiger partial charge is 0.407 e. The summed E-state index contributed by atoms with van der Waals surface area (Å²) in [5, 5.41) is 8.85. The highest BCUT2D eigenvalue weighted by molar-refractivity contribution is 5.65. The summed E-state index contributed by atoms with van der Waals surface area (Å²) in [6.07, 6.45) is -0.816. The molecule has 0 atom stereocenters. The minimum atomic E-state index is -0.816. The average molecular weight is 220 g/mol. The largest absolute Gasteiger partial charge is 0.465 e. The van der Waals surface area contributed by atoms with Gasteiger partial charge in [0.05, 0.1) is 0 Å². The van der Waals surface area contributed by atoms with E-state index in [0.29, 0.717) is 13.1 Å². The Kier molecular flexibility index (Phi) is 2.99. The van der Waals surface area contributed by atoms with Gasteiger partial charge in [-0.3, -0.25) is 0 Å². The van der Waals surface area contributed by atoms with Crippen molar-refractivity contribution < 1.29 is 9.90 Å². The lowest BCUT2D eigenvalue weighted by Crippen LogP contribution is -2.48. The van der Waals surface area contributed by atoms with Gasteiger partial charge in [-0.25, -0.2) is 4.79 Å². The maximum atomic E-state index is 10.8. The summed E-state index contributed by atoms with van der Waals surface area (Å²) in [7, 11) is 0. The van der Waals surface area contributed by atoms with Crippen LogP contribution in [-0.2, 0) is 0 Å². The molecule has 1 aromatic carbocycles. The molecule has 1 aromatic rings. The molecule has 1 saturated heterocycles. The second kappa shape index (κ2) is 4.43. The zero-order valence-corrected chi connectivity index (χ0v) is 9.39. The van der Waals surface area contributed by atoms with Crippen LogP contribution in [0.4, 0.5) is 10.5 Å². The summed E-state index contributed by atoms with van der Waals surface area (Å²) in [6.45, 7) is 4.79. The van der Waals surface area contributed by atoms with Crippen molar-refractivity contribution in [2.75, 3.05) is 31.1 Å². The molecule has 4 heteroatoms. The van der Waals surface area contributed by atoms with Gasteiger partial charge in [-0.15, -0.1) is 0 Å². The first-order valence-electron chi connectivity index (χ1n) is 5.46. The molecule has 0 aromatic heterocycles. The molecule has 1 amide bonds. The number of benzene rings is 1. The maximum Gasteiger partial charge on any atom is 0.407 e. The number of piperazine rings is 1. The van der Waals surface area contributed by atoms with Crippen molar-refractivity contribution in [1.29, 1.82) is 0 Å². The highest BCUT2D eigenvalue weighted by Gasteiger charge is 2.20. The lowest BCUT2D eigenvalue weighted by atomic mass is 10.2. The van der Waals surface area contributed by atoms with Crippen LogP contribution in [0.3, 0.4) is 0 Å². The van der Waals surface area contributed by atoms with Gasteiger partial charge in [-0.1, -0.05) is 12.1 Å². The van der Waals surface area contributed by atoms with Crippen molar-refractivity contribution >= 4 is 11.8 Å². The van der Waals surface area contributed by atoms with Crippen LogP contribution in [0.1, 0.15) is 5.56 Å². The molecule has 1 aliphatic rings. The summed E-state index contributed by atoms with van der Waals surface area (Å²) >= 11 is 0. The van der Waals surface area contributed by atoms with Crippen LogP contribution in [-0.4, -0.2) is 42.3 Å². The third-order valence-electron chi connectivity index (χ3n) is 2.92. The van der Waals surface area contributed by atoms with Crippen molar-refractivity contribution in [2.24, 2.45) is 0 Å². The first kappa shape index (κ1) is 10.8. The van der Waals surface area contributed by atoms with Crippen LogP contribution in [0.15, 0.2) is 24.3 Å². The quantitative estimate of drug-likeness (QED) is 0.784. The SMILES string of the molecule is Cc1cccc(N2CCN(C(=O)O)CC2)c1. The third kappa shape index (κ3) is 2.27. The normalized spacial score (nSPS) is 16.3. The highest BCUT2D eigenvalue weighted by Crippen LogP contribution is 2.17. The number of anilines is 1. The van der Waals surface area contributed by atoms with Crippen molar-refractivity contribution in [3.63, 3.8) is 0 Å². The van der Waals surface area contributed by atoms with E-state index in [4.69, 9.17) is 5.11 Å². The van der Waals surface area contributed by atoms with E-state index in [1.54, 1.807) is 0 Å². The van der Waals surface area contributed by atoms with E-state index in [0.717, 1.165) is 13.1 Å². The molecule has 0 unspecified atom stereocenters. The molecule has 2 rings (SSSR count). The van der Waals surface area contributed by atoms with Crippen LogP contribution >= 0.6 is 0 Å². The lowest BCUT2D eigenvalue weighted by Gasteiger charge is -2.34. The molecule has 0 bridgehead atoms. The molecular weight excluding hydrogens is 204 g/mol. The fourth-order valence-electron chi connectivity index (χ4n) is 1.98. The number of aryl methyl sites for hydroxylation is 1. The maximum absolute atomic E-state index is 10.8. The fraction of sp³-hybridized carbons (Fsp3) is 0.417. The van der Waals surface area contributed by atoms with E-state index < -0.39 is 6.09 Å². The van der Waals surface area contributed by atoms with E-state index in [1.807, 2.05) is 6.07 Å². The van der Waals surface area contributed by atoms with Gasteiger partial charge in [0, 0.05) is 31.9 Å². The monoisotopic (exact) mass is 220 g/mol. The van der Waals surface area contributed by atoms with Crippen LogP contribution in [0.2, 0.25) is 0 Å². The zero-order chi connectivity index (χ0) is 11.5. The Hall–Kier alpha value is -1.71. The number of hydrogen-bond donors (Lipinski definition) is 1. The summed E-state index contributed by atoms with van der Waals surface area (Å²) < 4.78 is 0. The Labute approximate surface area is 95.1 Å². The van der Waals surface area contributed by atoms with Gasteiger partial charge in [-0.05, 0) is 24.6 Å². The van der Waals surface area contributed by atoms with Gasteiger partial charge in [-0.2, -0.15) is 0 Å². The third-order valence-corrected chi connectivity index (χ3v) is 2.92. The van der Waals surface area contributed by atoms with Gasteiger partial charge in [0.2, 0.25) is 0 Å². The minimum absolute atomic E-state index is 0.587. The van der Waals surface area contributed by atoms with Crippen LogP contribution in [0.5, 0.6) is 0 Å². The van der Waals surface area contributed by atoms with E-state index in [1.165, 1.54) is 16.2 Å². The zero-order valence-electron chi connectivity index (χ0n) is 9.39. The van der Waals surface area contributed by atoms with E-state index in [2.05, 4.69) is 30.0 Å². The number of hydrogen-bond acceptors (Lipinski definition) is 2. The van der Waals surface area contributed by atoms with E-state index in [9.17, 15) is 4.79 Å². The Bertz CT molecular complexity index is 384. The standard InChI is InChI=1S/C12H16N2O2/c1-10-3-2-4-11(9-10)13-5-7-14(8-6-13)12(15)16/h2-4,9H,5-8H2,1H3,(H,15,16). The average Bonchev–Trinajstić information content (AvgIpc) is 2.29. The van der Waals surface area contributed by atoms with Crippen LogP contribution < -0.4 is 4.90 Å². The Morgan fingerprint density at radius 1 is 1.25 bits per heavy atom. The number of amides is 1. The Morgan fingerprint density at radius 2 is 1.94 bits per heavy atom. The van der Waals surface area contributed by atoms with Crippen molar-refractivity contribution in [3.05, 3.63) is 29.8 Å². The van der Waals surface area contributed by atoms with Crippen LogP contribution in [0.25, 0.3) is 0 Å². The van der Waals surface area contributed by atoms with Crippen molar-refractivity contribution in [2.45, 2.75) is 6.92 Å². The minimum Gasteiger partial charge on any atom is -0.465 e. The summed E-state index contributed by atoms with van der Waals surface area (Å²) in [6, 6.07) is 8.31. The lowest BCUT2D eigenvalue weighted by molar-refractivity contribution is 0.142. The van der Waals surface area contributed by atoms with Gasteiger partial charge in [0.1, 0.15) is 0 Å².